The molecule has 0 aliphatic rings. The molecule has 0 rings (SSSR count). The zero-order chi connectivity index (χ0) is 11.0. The number of amides is 2. The zero-order valence-electron chi connectivity index (χ0n) is 7.96. The van der Waals surface area contributed by atoms with Crippen molar-refractivity contribution in [2.45, 2.75) is 25.9 Å². The van der Waals surface area contributed by atoms with E-state index >= 15 is 0 Å². The largest absolute Gasteiger partial charge is 0.450 e. The van der Waals surface area contributed by atoms with Crippen molar-refractivity contribution >= 4 is 34.6 Å². The van der Waals surface area contributed by atoms with Crippen molar-refractivity contribution in [3.8, 4) is 0 Å². The Morgan fingerprint density at radius 3 is 2.71 bits per heavy atom. The van der Waals surface area contributed by atoms with Crippen LogP contribution in [0, 0.1) is 0 Å². The van der Waals surface area contributed by atoms with Crippen molar-refractivity contribution in [2.75, 3.05) is 11.0 Å². The summed E-state index contributed by atoms with van der Waals surface area (Å²) in [5.41, 5.74) is 0. The monoisotopic (exact) mass is 315 g/mol. The second-order valence-corrected chi connectivity index (χ2v) is 3.50. The number of ether oxygens (including phenoxy) is 1. The van der Waals surface area contributed by atoms with Crippen molar-refractivity contribution in [3.05, 3.63) is 0 Å². The van der Waals surface area contributed by atoms with E-state index in [4.69, 9.17) is 5.11 Å². The van der Waals surface area contributed by atoms with E-state index in [-0.39, 0.29) is 13.0 Å². The molecule has 0 radical (unpaired) electrons. The Morgan fingerprint density at radius 2 is 2.21 bits per heavy atom. The molecule has 14 heavy (non-hydrogen) atoms. The molecule has 0 aromatic heterocycles. The average Bonchev–Trinajstić information content (AvgIpc) is 2.14. The van der Waals surface area contributed by atoms with Gasteiger partial charge in [0, 0.05) is 10.8 Å². The predicted molar refractivity (Wildman–Crippen MR) is 59.3 cm³/mol. The highest BCUT2D eigenvalue weighted by Gasteiger charge is 2.10. The van der Waals surface area contributed by atoms with E-state index in [1.54, 1.807) is 6.92 Å². The molecule has 0 aliphatic carbocycles. The van der Waals surface area contributed by atoms with Gasteiger partial charge in [-0.05, 0) is 13.3 Å². The van der Waals surface area contributed by atoms with Gasteiger partial charge in [0.1, 0.15) is 0 Å². The smallest absolute Gasteiger partial charge is 0.413 e. The fourth-order valence-corrected chi connectivity index (χ4v) is 1.16. The molecule has 0 bridgehead atoms. The minimum absolute atomic E-state index is 0.128. The van der Waals surface area contributed by atoms with Gasteiger partial charge < -0.3 is 9.84 Å². The molecule has 0 saturated carbocycles. The summed E-state index contributed by atoms with van der Waals surface area (Å²) in [6, 6.07) is 0. The number of carbonyl (C=O) groups is 2. The Labute approximate surface area is 96.3 Å². The quantitative estimate of drug-likeness (QED) is 0.582. The van der Waals surface area contributed by atoms with E-state index in [9.17, 15) is 9.59 Å². The average molecular weight is 315 g/mol. The Hall–Kier alpha value is -0.370. The number of rotatable bonds is 5. The summed E-state index contributed by atoms with van der Waals surface area (Å²) in [6.07, 6.45) is -0.748. The zero-order valence-corrected chi connectivity index (χ0v) is 10.1. The molecule has 5 nitrogen and oxygen atoms in total. The SMILES string of the molecule is CCOC(=O)NC(=O)CCC(O)CI. The van der Waals surface area contributed by atoms with Crippen LogP contribution in [0.1, 0.15) is 19.8 Å². The summed E-state index contributed by atoms with van der Waals surface area (Å²) in [5.74, 6) is -0.424. The number of carbonyl (C=O) groups excluding carboxylic acids is 2. The van der Waals surface area contributed by atoms with Gasteiger partial charge in [-0.25, -0.2) is 4.79 Å². The number of nitrogens with one attached hydrogen (secondary N) is 1. The molecule has 0 fully saturated rings. The first-order valence-corrected chi connectivity index (χ1v) is 5.83. The molecule has 0 saturated heterocycles. The van der Waals surface area contributed by atoms with Crippen LogP contribution in [0.5, 0.6) is 0 Å². The van der Waals surface area contributed by atoms with Crippen molar-refractivity contribution < 1.29 is 19.4 Å². The summed E-state index contributed by atoms with van der Waals surface area (Å²) < 4.78 is 5.08. The van der Waals surface area contributed by atoms with Crippen LogP contribution >= 0.6 is 22.6 Å². The fraction of sp³-hybridized carbons (Fsp3) is 0.750. The third kappa shape index (κ3) is 7.07. The van der Waals surface area contributed by atoms with Crippen molar-refractivity contribution in [2.24, 2.45) is 0 Å². The first-order chi connectivity index (χ1) is 6.60. The summed E-state index contributed by atoms with van der Waals surface area (Å²) >= 11 is 2.03. The molecule has 2 N–H and O–H groups in total. The van der Waals surface area contributed by atoms with Crippen LogP contribution in [0.4, 0.5) is 4.79 Å². The Kier molecular flexibility index (Phi) is 7.77. The van der Waals surface area contributed by atoms with Crippen LogP contribution in [-0.4, -0.2) is 34.2 Å². The molecule has 82 valence electrons. The molecule has 0 spiro atoms. The Bertz CT molecular complexity index is 198. The summed E-state index contributed by atoms with van der Waals surface area (Å²) in [6.45, 7) is 1.89. The summed E-state index contributed by atoms with van der Waals surface area (Å²) in [5, 5.41) is 11.2. The topological polar surface area (TPSA) is 75.6 Å². The van der Waals surface area contributed by atoms with Gasteiger partial charge in [-0.3, -0.25) is 10.1 Å². The van der Waals surface area contributed by atoms with Crippen molar-refractivity contribution in [3.63, 3.8) is 0 Å². The van der Waals surface area contributed by atoms with Gasteiger partial charge in [0.25, 0.3) is 0 Å². The number of alkyl carbamates (subject to hydrolysis) is 1. The highest BCUT2D eigenvalue weighted by molar-refractivity contribution is 14.1. The van der Waals surface area contributed by atoms with Gasteiger partial charge in [-0.1, -0.05) is 22.6 Å². The lowest BCUT2D eigenvalue weighted by Gasteiger charge is -2.06. The molecule has 1 atom stereocenters. The maximum absolute atomic E-state index is 11.0. The van der Waals surface area contributed by atoms with Gasteiger partial charge in [0.05, 0.1) is 12.7 Å². The molecule has 0 aromatic carbocycles. The lowest BCUT2D eigenvalue weighted by Crippen LogP contribution is -2.31. The van der Waals surface area contributed by atoms with E-state index in [0.717, 1.165) is 0 Å². The minimum Gasteiger partial charge on any atom is -0.450 e. The standard InChI is InChI=1S/C8H14INO4/c1-2-14-8(13)10-7(12)4-3-6(11)5-9/h6,11H,2-5H2,1H3,(H,10,12,13). The molecule has 0 heterocycles. The van der Waals surface area contributed by atoms with E-state index in [2.05, 4.69) is 4.74 Å². The lowest BCUT2D eigenvalue weighted by atomic mass is 10.2. The minimum atomic E-state index is -0.735. The molecule has 2 amide bonds. The number of alkyl halides is 1. The van der Waals surface area contributed by atoms with Crippen LogP contribution in [0.2, 0.25) is 0 Å². The first kappa shape index (κ1) is 13.6. The van der Waals surface area contributed by atoms with Crippen molar-refractivity contribution in [1.82, 2.24) is 5.32 Å². The number of hydrogen-bond acceptors (Lipinski definition) is 4. The highest BCUT2D eigenvalue weighted by Crippen LogP contribution is 2.00. The van der Waals surface area contributed by atoms with E-state index < -0.39 is 18.1 Å². The highest BCUT2D eigenvalue weighted by atomic mass is 127. The molecular weight excluding hydrogens is 301 g/mol. The van der Waals surface area contributed by atoms with Gasteiger partial charge in [0.2, 0.25) is 5.91 Å². The summed E-state index contributed by atoms with van der Waals surface area (Å²) in [4.78, 5) is 21.8. The molecule has 0 aromatic rings. The van der Waals surface area contributed by atoms with Crippen LogP contribution in [0.25, 0.3) is 0 Å². The van der Waals surface area contributed by atoms with Gasteiger partial charge in [0.15, 0.2) is 0 Å². The molecule has 6 heteroatoms. The van der Waals surface area contributed by atoms with Gasteiger partial charge >= 0.3 is 6.09 Å². The Balaban J connectivity index is 3.60. The second kappa shape index (κ2) is 7.98. The third-order valence-corrected chi connectivity index (χ3v) is 2.42. The number of imide groups is 1. The number of hydrogen-bond donors (Lipinski definition) is 2. The van der Waals surface area contributed by atoms with Crippen LogP contribution in [-0.2, 0) is 9.53 Å². The van der Waals surface area contributed by atoms with Crippen LogP contribution in [0.3, 0.4) is 0 Å². The fourth-order valence-electron chi connectivity index (χ4n) is 0.718. The normalized spacial score (nSPS) is 11.9. The molecular formula is C8H14INO4. The third-order valence-electron chi connectivity index (χ3n) is 1.40. The van der Waals surface area contributed by atoms with Crippen LogP contribution in [0.15, 0.2) is 0 Å². The summed E-state index contributed by atoms with van der Waals surface area (Å²) in [7, 11) is 0. The molecule has 1 unspecified atom stereocenters. The van der Waals surface area contributed by atoms with Crippen LogP contribution < -0.4 is 5.32 Å². The Morgan fingerprint density at radius 1 is 1.57 bits per heavy atom. The van der Waals surface area contributed by atoms with Gasteiger partial charge in [-0.15, -0.1) is 0 Å². The molecule has 0 aliphatic heterocycles. The first-order valence-electron chi connectivity index (χ1n) is 4.30. The number of aliphatic hydroxyl groups excluding tert-OH is 1. The maximum Gasteiger partial charge on any atom is 0.413 e. The van der Waals surface area contributed by atoms with E-state index in [1.165, 1.54) is 0 Å². The second-order valence-electron chi connectivity index (χ2n) is 2.62. The maximum atomic E-state index is 11.0. The van der Waals surface area contributed by atoms with Gasteiger partial charge in [-0.2, -0.15) is 0 Å². The van der Waals surface area contributed by atoms with E-state index in [1.807, 2.05) is 27.9 Å². The number of aliphatic hydroxyl groups is 1. The number of halogens is 1. The lowest BCUT2D eigenvalue weighted by molar-refractivity contribution is -0.120. The predicted octanol–water partition coefficient (Wildman–Crippen LogP) is 0.835. The van der Waals surface area contributed by atoms with Crippen molar-refractivity contribution in [1.29, 1.82) is 0 Å². The van der Waals surface area contributed by atoms with E-state index in [0.29, 0.717) is 10.8 Å².